The minimum atomic E-state index is -2.06. The molecule has 21 heteroatoms. The third-order valence-electron chi connectivity index (χ3n) is 8.56. The molecule has 4 rings (SSSR count). The van der Waals surface area contributed by atoms with Crippen LogP contribution in [0.1, 0.15) is 6.42 Å². The fraction of sp³-hybridized carbons (Fsp3) is 0.958. The zero-order chi connectivity index (χ0) is 33.5. The Labute approximate surface area is 255 Å². The van der Waals surface area contributed by atoms with Crippen LogP contribution in [0.5, 0.6) is 0 Å². The van der Waals surface area contributed by atoms with E-state index < -0.39 is 135 Å². The van der Waals surface area contributed by atoms with Crippen LogP contribution in [-0.2, 0) is 33.2 Å². The topological polar surface area (TPSA) is 379 Å². The second-order valence-corrected chi connectivity index (χ2v) is 11.6. The first-order valence-corrected chi connectivity index (χ1v) is 14.3. The highest BCUT2D eigenvalue weighted by Gasteiger charge is 2.55. The second kappa shape index (κ2) is 14.9. The molecule has 1 aliphatic carbocycles. The molecule has 21 nitrogen and oxygen atoms in total. The fourth-order valence-electron chi connectivity index (χ4n) is 5.85. The molecule has 262 valence electrons. The van der Waals surface area contributed by atoms with E-state index in [0.29, 0.717) is 0 Å². The van der Waals surface area contributed by atoms with Gasteiger partial charge in [-0.15, -0.1) is 0 Å². The lowest BCUT2D eigenvalue weighted by Gasteiger charge is -2.49. The monoisotopic (exact) mass is 660 g/mol. The molecular formula is C24H44N4O17. The molecule has 0 amide bonds. The van der Waals surface area contributed by atoms with Gasteiger partial charge in [0.25, 0.3) is 0 Å². The Morgan fingerprint density at radius 3 is 1.71 bits per heavy atom. The molecule has 5 unspecified atom stereocenters. The molecular weight excluding hydrogens is 616 g/mol. The first-order chi connectivity index (χ1) is 21.1. The van der Waals surface area contributed by atoms with Gasteiger partial charge in [0.05, 0.1) is 12.6 Å². The molecule has 45 heavy (non-hydrogen) atoms. The van der Waals surface area contributed by atoms with Gasteiger partial charge in [-0.3, -0.25) is 0 Å². The van der Waals surface area contributed by atoms with Crippen molar-refractivity contribution in [1.29, 1.82) is 0 Å². The van der Waals surface area contributed by atoms with Gasteiger partial charge in [0.1, 0.15) is 79.4 Å². The average Bonchev–Trinajstić information content (AvgIpc) is 3.00. The lowest BCUT2D eigenvalue weighted by atomic mass is 9.84. The SMILES string of the molecule is NC[C@H]1O[C@H](O[C@H]2[C@H](O)[C@@H](O[C@H]3O[C@H](CO)[C@@H](O)[C@H](N)[C@H]3O)[C@H](N)C[C@@H]2N)[C@H](OC2OC(C(=O)O)C(O)C(O)C2O)[C@@H](O)[C@@H]1O. The van der Waals surface area contributed by atoms with E-state index in [4.69, 9.17) is 51.4 Å². The molecule has 1 saturated carbocycles. The summed E-state index contributed by atoms with van der Waals surface area (Å²) in [6.07, 6.45) is -29.0. The van der Waals surface area contributed by atoms with Gasteiger partial charge >= 0.3 is 5.97 Å². The van der Waals surface area contributed by atoms with Gasteiger partial charge in [-0.25, -0.2) is 4.79 Å². The Hall–Kier alpha value is -1.29. The summed E-state index contributed by atoms with van der Waals surface area (Å²) in [7, 11) is 0. The number of carboxylic acid groups (broad SMARTS) is 1. The number of rotatable bonds is 9. The molecule has 4 fully saturated rings. The van der Waals surface area contributed by atoms with Gasteiger partial charge < -0.3 is 102 Å². The zero-order valence-electron chi connectivity index (χ0n) is 23.8. The average molecular weight is 661 g/mol. The van der Waals surface area contributed by atoms with Crippen molar-refractivity contribution < 1.29 is 84.3 Å². The third-order valence-corrected chi connectivity index (χ3v) is 8.56. The molecule has 0 radical (unpaired) electrons. The van der Waals surface area contributed by atoms with Crippen LogP contribution in [0, 0.1) is 0 Å². The molecule has 4 aliphatic rings. The van der Waals surface area contributed by atoms with Gasteiger partial charge in [-0.1, -0.05) is 0 Å². The number of hydrogen-bond acceptors (Lipinski definition) is 20. The van der Waals surface area contributed by atoms with Crippen molar-refractivity contribution in [2.75, 3.05) is 13.2 Å². The van der Waals surface area contributed by atoms with E-state index >= 15 is 0 Å². The van der Waals surface area contributed by atoms with Crippen LogP contribution in [0.2, 0.25) is 0 Å². The van der Waals surface area contributed by atoms with Gasteiger partial charge in [0.15, 0.2) is 25.0 Å². The Morgan fingerprint density at radius 2 is 1.16 bits per heavy atom. The van der Waals surface area contributed by atoms with Crippen LogP contribution in [-0.4, -0.2) is 193 Å². The lowest BCUT2D eigenvalue weighted by molar-refractivity contribution is -0.372. The van der Waals surface area contributed by atoms with Crippen LogP contribution in [0.3, 0.4) is 0 Å². The van der Waals surface area contributed by atoms with Crippen LogP contribution in [0.4, 0.5) is 0 Å². The van der Waals surface area contributed by atoms with Crippen LogP contribution in [0.15, 0.2) is 0 Å². The molecule has 3 aliphatic heterocycles. The molecule has 0 bridgehead atoms. The van der Waals surface area contributed by atoms with Crippen LogP contribution < -0.4 is 22.9 Å². The molecule has 18 N–H and O–H groups in total. The summed E-state index contributed by atoms with van der Waals surface area (Å²) < 4.78 is 33.5. The first-order valence-electron chi connectivity index (χ1n) is 14.3. The largest absolute Gasteiger partial charge is 0.479 e. The highest BCUT2D eigenvalue weighted by atomic mass is 16.8. The molecule has 0 aromatic carbocycles. The van der Waals surface area contributed by atoms with Gasteiger partial charge in [0.2, 0.25) is 0 Å². The van der Waals surface area contributed by atoms with E-state index in [-0.39, 0.29) is 13.0 Å². The zero-order valence-corrected chi connectivity index (χ0v) is 23.8. The van der Waals surface area contributed by atoms with Crippen LogP contribution in [0.25, 0.3) is 0 Å². The number of carboxylic acids is 1. The van der Waals surface area contributed by atoms with Gasteiger partial charge in [-0.05, 0) is 6.42 Å². The number of aliphatic hydroxyl groups is 9. The van der Waals surface area contributed by atoms with E-state index in [1.807, 2.05) is 0 Å². The summed E-state index contributed by atoms with van der Waals surface area (Å²) in [6, 6.07) is -3.30. The highest BCUT2D eigenvalue weighted by Crippen LogP contribution is 2.34. The normalized spacial score (nSPS) is 52.8. The summed E-state index contributed by atoms with van der Waals surface area (Å²) in [6.45, 7) is -1.01. The van der Waals surface area contributed by atoms with E-state index in [9.17, 15) is 55.9 Å². The van der Waals surface area contributed by atoms with Crippen LogP contribution >= 0.6 is 0 Å². The molecule has 0 aromatic heterocycles. The van der Waals surface area contributed by atoms with E-state index in [1.54, 1.807) is 0 Å². The maximum absolute atomic E-state index is 11.5. The number of nitrogens with two attached hydrogens (primary N) is 4. The Balaban J connectivity index is 1.55. The maximum Gasteiger partial charge on any atom is 0.335 e. The van der Waals surface area contributed by atoms with E-state index in [2.05, 4.69) is 0 Å². The Bertz CT molecular complexity index is 988. The lowest BCUT2D eigenvalue weighted by Crippen LogP contribution is -2.69. The second-order valence-electron chi connectivity index (χ2n) is 11.6. The Morgan fingerprint density at radius 1 is 0.622 bits per heavy atom. The third kappa shape index (κ3) is 7.26. The molecule has 0 aromatic rings. The number of ether oxygens (including phenoxy) is 6. The van der Waals surface area contributed by atoms with Gasteiger partial charge in [-0.2, -0.15) is 0 Å². The number of carbonyl (C=O) groups is 1. The molecule has 3 saturated heterocycles. The summed E-state index contributed by atoms with van der Waals surface area (Å²) >= 11 is 0. The summed E-state index contributed by atoms with van der Waals surface area (Å²) in [5.41, 5.74) is 23.9. The van der Waals surface area contributed by atoms with Crippen molar-refractivity contribution in [3.63, 3.8) is 0 Å². The fourth-order valence-corrected chi connectivity index (χ4v) is 5.85. The van der Waals surface area contributed by atoms with Crippen molar-refractivity contribution in [2.45, 2.75) is 129 Å². The summed E-state index contributed by atoms with van der Waals surface area (Å²) in [4.78, 5) is 11.5. The minimum absolute atomic E-state index is 0.0636. The van der Waals surface area contributed by atoms with Crippen molar-refractivity contribution in [2.24, 2.45) is 22.9 Å². The molecule has 0 spiro atoms. The number of hydrogen-bond donors (Lipinski definition) is 14. The van der Waals surface area contributed by atoms with Crippen molar-refractivity contribution >= 4 is 5.97 Å². The molecule has 20 atom stereocenters. The predicted molar refractivity (Wildman–Crippen MR) is 141 cm³/mol. The smallest absolute Gasteiger partial charge is 0.335 e. The van der Waals surface area contributed by atoms with Gasteiger partial charge in [0, 0.05) is 18.6 Å². The van der Waals surface area contributed by atoms with Crippen molar-refractivity contribution in [3.05, 3.63) is 0 Å². The standard InChI is InChI=1S/C24H44N4O17/c25-2-6-10(31)13(34)20(45-23-15(36)12(33)14(35)19(44-23)21(38)39)24(40-6)43-18-5(27)1-4(26)17(16(18)37)42-22-11(32)8(28)9(30)7(3-29)41-22/h4-20,22-24,29-37H,1-3,25-28H2,(H,38,39)/t4-,5+,6-,7-,8+,9-,10-,11-,12?,13+,14?,15?,16-,17+,18-,19?,20-,22-,23?,24-/m1/s1. The van der Waals surface area contributed by atoms with E-state index in [1.165, 1.54) is 0 Å². The highest BCUT2D eigenvalue weighted by molar-refractivity contribution is 5.73. The number of aliphatic hydroxyl groups excluding tert-OH is 9. The van der Waals surface area contributed by atoms with E-state index in [0.717, 1.165) is 0 Å². The molecule has 3 heterocycles. The summed E-state index contributed by atoms with van der Waals surface area (Å²) in [5, 5.41) is 103. The maximum atomic E-state index is 11.5. The first kappa shape index (κ1) is 36.5. The predicted octanol–water partition coefficient (Wildman–Crippen LogP) is -9.37. The number of aliphatic carboxylic acids is 1. The van der Waals surface area contributed by atoms with Crippen molar-refractivity contribution in [3.8, 4) is 0 Å². The van der Waals surface area contributed by atoms with Crippen molar-refractivity contribution in [1.82, 2.24) is 0 Å². The quantitative estimate of drug-likeness (QED) is 0.109. The summed E-state index contributed by atoms with van der Waals surface area (Å²) in [5.74, 6) is -1.70. The minimum Gasteiger partial charge on any atom is -0.479 e. The Kier molecular flexibility index (Phi) is 12.1.